The fourth-order valence-corrected chi connectivity index (χ4v) is 4.01. The molecule has 0 amide bonds. The predicted octanol–water partition coefficient (Wildman–Crippen LogP) is -1.46. The molecule has 1 aliphatic heterocycles. The minimum atomic E-state index is -1.17. The molecule has 0 unspecified atom stereocenters. The molecule has 1 aromatic rings. The number of carboxylic acid groups (broad SMARTS) is 1. The third-order valence-corrected chi connectivity index (χ3v) is 5.63. The number of hydrogen-bond acceptors (Lipinski definition) is 4. The van der Waals surface area contributed by atoms with Gasteiger partial charge in [0.15, 0.2) is 0 Å². The Labute approximate surface area is 153 Å². The van der Waals surface area contributed by atoms with Gasteiger partial charge in [-0.3, -0.25) is 0 Å². The van der Waals surface area contributed by atoms with Gasteiger partial charge in [-0.05, 0) is 48.1 Å². The van der Waals surface area contributed by atoms with E-state index in [0.29, 0.717) is 12.3 Å². The molecular formula is C17H21NaO4. The van der Waals surface area contributed by atoms with E-state index in [1.807, 2.05) is 13.8 Å². The number of fused-ring (bicyclic) bond motifs is 1. The number of aliphatic hydroxyl groups is 1. The zero-order valence-electron chi connectivity index (χ0n) is 13.7. The Balaban J connectivity index is 0.00000176. The van der Waals surface area contributed by atoms with Gasteiger partial charge in [0.25, 0.3) is 0 Å². The van der Waals surface area contributed by atoms with Crippen LogP contribution in [0, 0.1) is 11.3 Å². The van der Waals surface area contributed by atoms with Crippen LogP contribution in [-0.4, -0.2) is 22.8 Å². The summed E-state index contributed by atoms with van der Waals surface area (Å²) in [7, 11) is 0. The Morgan fingerprint density at radius 3 is 2.68 bits per heavy atom. The van der Waals surface area contributed by atoms with Crippen molar-refractivity contribution in [3.63, 3.8) is 0 Å². The van der Waals surface area contributed by atoms with Gasteiger partial charge in [-0.15, -0.1) is 0 Å². The van der Waals surface area contributed by atoms with E-state index in [9.17, 15) is 15.0 Å². The van der Waals surface area contributed by atoms with Crippen molar-refractivity contribution in [2.75, 3.05) is 0 Å². The SMILES string of the molecule is C[C@@H]1CC[C@H](O)C(C)(C)[C@]12Cc1cc(C(=O)[O-])ccc1O2.[Na+]. The number of carbonyl (C=O) groups excluding carboxylic acids is 1. The summed E-state index contributed by atoms with van der Waals surface area (Å²) in [4.78, 5) is 11.0. The van der Waals surface area contributed by atoms with E-state index < -0.39 is 17.7 Å². The van der Waals surface area contributed by atoms with Crippen molar-refractivity contribution in [2.24, 2.45) is 11.3 Å². The van der Waals surface area contributed by atoms with Crippen molar-refractivity contribution in [3.8, 4) is 5.75 Å². The molecule has 1 spiro atoms. The van der Waals surface area contributed by atoms with Gasteiger partial charge >= 0.3 is 29.6 Å². The number of carboxylic acids is 1. The molecule has 1 N–H and O–H groups in total. The van der Waals surface area contributed by atoms with Gasteiger partial charge < -0.3 is 19.7 Å². The first-order valence-corrected chi connectivity index (χ1v) is 7.49. The molecule has 0 bridgehead atoms. The number of aromatic carboxylic acids is 1. The summed E-state index contributed by atoms with van der Waals surface area (Å²) in [6.45, 7) is 6.23. The molecule has 1 aliphatic carbocycles. The maximum Gasteiger partial charge on any atom is 1.00 e. The molecule has 0 radical (unpaired) electrons. The summed E-state index contributed by atoms with van der Waals surface area (Å²) < 4.78 is 6.29. The van der Waals surface area contributed by atoms with E-state index >= 15 is 0 Å². The monoisotopic (exact) mass is 312 g/mol. The van der Waals surface area contributed by atoms with E-state index in [1.54, 1.807) is 12.1 Å². The summed E-state index contributed by atoms with van der Waals surface area (Å²) in [6.07, 6.45) is 1.91. The Bertz CT molecular complexity index is 598. The second kappa shape index (κ2) is 5.82. The number of carbonyl (C=O) groups is 1. The number of aliphatic hydroxyl groups excluding tert-OH is 1. The topological polar surface area (TPSA) is 69.6 Å². The standard InChI is InChI=1S/C17H22O4.Na/c1-10-4-7-14(18)16(2,3)17(10)9-12-8-11(15(19)20)5-6-13(12)21-17;/h5-6,8,10,14,18H,4,7,9H2,1-3H3,(H,19,20);/q;+1/p-1/t10-,14+,17+;/m1./s1. The Morgan fingerprint density at radius 2 is 2.05 bits per heavy atom. The fourth-order valence-electron chi connectivity index (χ4n) is 4.01. The zero-order valence-corrected chi connectivity index (χ0v) is 15.7. The van der Waals surface area contributed by atoms with Gasteiger partial charge in [0.1, 0.15) is 11.4 Å². The third-order valence-electron chi connectivity index (χ3n) is 5.63. The normalized spacial score (nSPS) is 32.0. The molecule has 3 rings (SSSR count). The van der Waals surface area contributed by atoms with Gasteiger partial charge in [-0.25, -0.2) is 0 Å². The third kappa shape index (κ3) is 2.41. The maximum absolute atomic E-state index is 11.0. The second-order valence-corrected chi connectivity index (χ2v) is 6.99. The molecule has 0 saturated heterocycles. The molecular weight excluding hydrogens is 291 g/mol. The van der Waals surface area contributed by atoms with Crippen LogP contribution in [0.1, 0.15) is 49.5 Å². The Hall–Kier alpha value is -0.550. The summed E-state index contributed by atoms with van der Waals surface area (Å²) >= 11 is 0. The molecule has 22 heavy (non-hydrogen) atoms. The van der Waals surface area contributed by atoms with Crippen LogP contribution >= 0.6 is 0 Å². The molecule has 1 fully saturated rings. The van der Waals surface area contributed by atoms with Gasteiger partial charge in [-0.2, -0.15) is 0 Å². The number of hydrogen-bond donors (Lipinski definition) is 1. The van der Waals surface area contributed by atoms with Gasteiger partial charge in [0, 0.05) is 11.8 Å². The van der Waals surface area contributed by atoms with Crippen LogP contribution in [0.4, 0.5) is 0 Å². The number of ether oxygens (including phenoxy) is 1. The van der Waals surface area contributed by atoms with Crippen LogP contribution in [-0.2, 0) is 6.42 Å². The second-order valence-electron chi connectivity index (χ2n) is 6.99. The van der Waals surface area contributed by atoms with Crippen molar-refractivity contribution in [3.05, 3.63) is 29.3 Å². The van der Waals surface area contributed by atoms with Crippen molar-refractivity contribution in [1.82, 2.24) is 0 Å². The van der Waals surface area contributed by atoms with Crippen LogP contribution in [0.15, 0.2) is 18.2 Å². The number of rotatable bonds is 1. The summed E-state index contributed by atoms with van der Waals surface area (Å²) in [6, 6.07) is 4.87. The first-order chi connectivity index (χ1) is 9.78. The molecule has 1 saturated carbocycles. The van der Waals surface area contributed by atoms with Gasteiger partial charge in [-0.1, -0.05) is 20.8 Å². The van der Waals surface area contributed by atoms with E-state index in [0.717, 1.165) is 24.2 Å². The molecule has 3 atom stereocenters. The van der Waals surface area contributed by atoms with Gasteiger partial charge in [0.2, 0.25) is 0 Å². The van der Waals surface area contributed by atoms with E-state index in [-0.39, 0.29) is 40.5 Å². The first kappa shape index (κ1) is 17.8. The van der Waals surface area contributed by atoms with Crippen molar-refractivity contribution < 1.29 is 49.3 Å². The van der Waals surface area contributed by atoms with Crippen LogP contribution in [0.25, 0.3) is 0 Å². The molecule has 5 heteroatoms. The average Bonchev–Trinajstić information content (AvgIpc) is 2.82. The predicted molar refractivity (Wildman–Crippen MR) is 76.0 cm³/mol. The van der Waals surface area contributed by atoms with Crippen LogP contribution in [0.3, 0.4) is 0 Å². The van der Waals surface area contributed by atoms with Crippen molar-refractivity contribution >= 4 is 5.97 Å². The minimum absolute atomic E-state index is 0. The van der Waals surface area contributed by atoms with Crippen molar-refractivity contribution in [2.45, 2.75) is 51.7 Å². The minimum Gasteiger partial charge on any atom is -0.545 e. The molecule has 2 aliphatic rings. The molecule has 114 valence electrons. The van der Waals surface area contributed by atoms with Crippen molar-refractivity contribution in [1.29, 1.82) is 0 Å². The average molecular weight is 312 g/mol. The van der Waals surface area contributed by atoms with E-state index in [1.165, 1.54) is 6.07 Å². The largest absolute Gasteiger partial charge is 1.00 e. The summed E-state index contributed by atoms with van der Waals surface area (Å²) in [5, 5.41) is 21.4. The van der Waals surface area contributed by atoms with Crippen LogP contribution < -0.4 is 39.4 Å². The van der Waals surface area contributed by atoms with Crippen LogP contribution in [0.2, 0.25) is 0 Å². The summed E-state index contributed by atoms with van der Waals surface area (Å²) in [5.41, 5.74) is 0.213. The maximum atomic E-state index is 11.0. The first-order valence-electron chi connectivity index (χ1n) is 7.49. The van der Waals surface area contributed by atoms with E-state index in [2.05, 4.69) is 6.92 Å². The summed E-state index contributed by atoms with van der Waals surface area (Å²) in [5.74, 6) is -0.140. The Kier molecular flexibility index (Phi) is 4.71. The quantitative estimate of drug-likeness (QED) is 0.644. The molecule has 1 heterocycles. The van der Waals surface area contributed by atoms with Crippen LogP contribution in [0.5, 0.6) is 5.75 Å². The molecule has 0 aromatic heterocycles. The smallest absolute Gasteiger partial charge is 0.545 e. The molecule has 1 aromatic carbocycles. The number of benzene rings is 1. The zero-order chi connectivity index (χ0) is 15.4. The fraction of sp³-hybridized carbons (Fsp3) is 0.588. The Morgan fingerprint density at radius 1 is 1.36 bits per heavy atom. The molecule has 4 nitrogen and oxygen atoms in total. The van der Waals surface area contributed by atoms with E-state index in [4.69, 9.17) is 4.74 Å². The van der Waals surface area contributed by atoms with Gasteiger partial charge in [0.05, 0.1) is 12.1 Å².